The molecule has 1 unspecified atom stereocenters. The van der Waals surface area contributed by atoms with Crippen molar-refractivity contribution in [1.29, 1.82) is 0 Å². The van der Waals surface area contributed by atoms with Crippen molar-refractivity contribution in [1.82, 2.24) is 14.8 Å². The first kappa shape index (κ1) is 21.1. The first-order valence-electron chi connectivity index (χ1n) is 9.00. The third-order valence-corrected chi connectivity index (χ3v) is 6.00. The van der Waals surface area contributed by atoms with Crippen molar-refractivity contribution >= 4 is 40.9 Å². The minimum Gasteiger partial charge on any atom is -0.345 e. The van der Waals surface area contributed by atoms with Crippen molar-refractivity contribution in [2.24, 2.45) is 0 Å². The normalized spacial score (nSPS) is 18.9. The van der Waals surface area contributed by atoms with Crippen LogP contribution in [0.4, 0.5) is 4.79 Å². The van der Waals surface area contributed by atoms with Gasteiger partial charge >= 0.3 is 6.03 Å². The molecule has 1 aliphatic rings. The maximum atomic E-state index is 13.1. The minimum atomic E-state index is -1.33. The molecule has 1 aromatic carbocycles. The number of carbonyl (C=O) groups is 3. The highest BCUT2D eigenvalue weighted by atomic mass is 35.5. The minimum absolute atomic E-state index is 0.275. The Morgan fingerprint density at radius 2 is 1.90 bits per heavy atom. The molecule has 152 valence electrons. The smallest absolute Gasteiger partial charge is 0.325 e. The van der Waals surface area contributed by atoms with Crippen LogP contribution in [0.3, 0.4) is 0 Å². The number of urea groups is 1. The molecule has 0 saturated carbocycles. The lowest BCUT2D eigenvalue weighted by Crippen LogP contribution is -2.41. The highest BCUT2D eigenvalue weighted by Gasteiger charge is 2.49. The van der Waals surface area contributed by atoms with E-state index in [2.05, 4.69) is 11.9 Å². The average molecular weight is 434 g/mol. The van der Waals surface area contributed by atoms with Gasteiger partial charge in [0, 0.05) is 23.5 Å². The second kappa shape index (κ2) is 7.69. The fourth-order valence-corrected chi connectivity index (χ4v) is 3.86. The molecule has 0 spiro atoms. The number of benzene rings is 1. The third kappa shape index (κ3) is 3.58. The zero-order valence-electron chi connectivity index (χ0n) is 16.4. The van der Waals surface area contributed by atoms with Gasteiger partial charge in [-0.15, -0.1) is 6.58 Å². The van der Waals surface area contributed by atoms with E-state index in [0.717, 1.165) is 16.3 Å². The number of hydrogen-bond acceptors (Lipinski definition) is 3. The van der Waals surface area contributed by atoms with Gasteiger partial charge in [-0.05, 0) is 44.5 Å². The third-order valence-electron chi connectivity index (χ3n) is 5.26. The second-order valence-corrected chi connectivity index (χ2v) is 8.00. The van der Waals surface area contributed by atoms with Crippen LogP contribution in [0.5, 0.6) is 0 Å². The first-order valence-corrected chi connectivity index (χ1v) is 9.76. The van der Waals surface area contributed by atoms with E-state index in [4.69, 9.17) is 23.2 Å². The highest BCUT2D eigenvalue weighted by molar-refractivity contribution is 6.42. The highest BCUT2D eigenvalue weighted by Crippen LogP contribution is 2.33. The molecule has 8 heteroatoms. The number of nitrogens with one attached hydrogen (secondary N) is 1. The van der Waals surface area contributed by atoms with Crippen molar-refractivity contribution in [2.45, 2.75) is 32.9 Å². The summed E-state index contributed by atoms with van der Waals surface area (Å²) in [5.74, 6) is -0.829. The van der Waals surface area contributed by atoms with Crippen molar-refractivity contribution < 1.29 is 14.4 Å². The van der Waals surface area contributed by atoms with E-state index >= 15 is 0 Å². The van der Waals surface area contributed by atoms with Gasteiger partial charge in [0.2, 0.25) is 0 Å². The molecule has 3 rings (SSSR count). The fourth-order valence-electron chi connectivity index (χ4n) is 3.57. The zero-order valence-corrected chi connectivity index (χ0v) is 17.9. The molecule has 6 nitrogen and oxygen atoms in total. The SMILES string of the molecule is C=CCn1c(C)cc(C(=O)CN2C(=O)NC(C)(c3ccc(Cl)c(Cl)c3)C2=O)c1C. The summed E-state index contributed by atoms with van der Waals surface area (Å²) in [7, 11) is 0. The number of rotatable bonds is 6. The molecule has 2 aromatic rings. The molecular formula is C21H21Cl2N3O3. The molecule has 0 radical (unpaired) electrons. The molecule has 0 aliphatic carbocycles. The Labute approximate surface area is 179 Å². The number of halogens is 2. The van der Waals surface area contributed by atoms with Crippen molar-refractivity contribution in [2.75, 3.05) is 6.54 Å². The quantitative estimate of drug-likeness (QED) is 0.420. The van der Waals surface area contributed by atoms with Gasteiger partial charge < -0.3 is 9.88 Å². The Morgan fingerprint density at radius 1 is 1.21 bits per heavy atom. The monoisotopic (exact) mass is 433 g/mol. The standard InChI is InChI=1S/C21H21Cl2N3O3/c1-5-8-25-12(2)9-15(13(25)3)18(27)11-26-19(28)21(4,24-20(26)29)14-6-7-16(22)17(23)10-14/h5-7,9-10H,1,8,11H2,2-4H3,(H,24,29). The van der Waals surface area contributed by atoms with E-state index in [1.807, 2.05) is 18.4 Å². The topological polar surface area (TPSA) is 71.4 Å². The Bertz CT molecular complexity index is 1040. The lowest BCUT2D eigenvalue weighted by molar-refractivity contribution is -0.130. The maximum Gasteiger partial charge on any atom is 0.325 e. The van der Waals surface area contributed by atoms with E-state index < -0.39 is 17.5 Å². The van der Waals surface area contributed by atoms with Crippen LogP contribution < -0.4 is 5.32 Å². The van der Waals surface area contributed by atoms with Gasteiger partial charge in [-0.3, -0.25) is 14.5 Å². The largest absolute Gasteiger partial charge is 0.345 e. The van der Waals surface area contributed by atoms with Crippen molar-refractivity contribution in [3.8, 4) is 0 Å². The predicted octanol–water partition coefficient (Wildman–Crippen LogP) is 4.25. The number of hydrogen-bond donors (Lipinski definition) is 1. The van der Waals surface area contributed by atoms with Gasteiger partial charge in [0.1, 0.15) is 5.54 Å². The van der Waals surface area contributed by atoms with Crippen LogP contribution in [0.25, 0.3) is 0 Å². The van der Waals surface area contributed by atoms with E-state index in [-0.39, 0.29) is 17.4 Å². The molecule has 1 atom stereocenters. The van der Waals surface area contributed by atoms with Gasteiger partial charge in [0.15, 0.2) is 5.78 Å². The van der Waals surface area contributed by atoms with E-state index in [9.17, 15) is 14.4 Å². The number of nitrogens with zero attached hydrogens (tertiary/aromatic N) is 2. The summed E-state index contributed by atoms with van der Waals surface area (Å²) in [6.45, 7) is 9.24. The Kier molecular flexibility index (Phi) is 5.61. The molecule has 1 saturated heterocycles. The summed E-state index contributed by atoms with van der Waals surface area (Å²) >= 11 is 12.0. The molecular weight excluding hydrogens is 413 g/mol. The molecule has 1 fully saturated rings. The number of carbonyl (C=O) groups excluding carboxylic acids is 3. The number of aryl methyl sites for hydroxylation is 1. The zero-order chi connectivity index (χ0) is 21.5. The second-order valence-electron chi connectivity index (χ2n) is 7.18. The van der Waals surface area contributed by atoms with Crippen LogP contribution in [0.1, 0.15) is 34.2 Å². The molecule has 1 N–H and O–H groups in total. The molecule has 29 heavy (non-hydrogen) atoms. The van der Waals surface area contributed by atoms with Gasteiger partial charge in [-0.25, -0.2) is 4.79 Å². The fraction of sp³-hybridized carbons (Fsp3) is 0.286. The van der Waals surface area contributed by atoms with E-state index in [1.165, 1.54) is 6.07 Å². The number of imide groups is 1. The van der Waals surface area contributed by atoms with Crippen LogP contribution >= 0.6 is 23.2 Å². The molecule has 0 bridgehead atoms. The number of ketones is 1. The van der Waals surface area contributed by atoms with Crippen molar-refractivity contribution in [3.63, 3.8) is 0 Å². The lowest BCUT2D eigenvalue weighted by atomic mass is 9.92. The first-order chi connectivity index (χ1) is 13.6. The number of amides is 3. The molecule has 1 aliphatic heterocycles. The summed E-state index contributed by atoms with van der Waals surface area (Å²) in [6, 6.07) is 5.86. The summed E-state index contributed by atoms with van der Waals surface area (Å²) < 4.78 is 1.95. The van der Waals surface area contributed by atoms with Gasteiger partial charge in [0.05, 0.1) is 16.6 Å². The summed E-state index contributed by atoms with van der Waals surface area (Å²) in [4.78, 5) is 39.4. The lowest BCUT2D eigenvalue weighted by Gasteiger charge is -2.22. The van der Waals surface area contributed by atoms with Crippen LogP contribution in [-0.4, -0.2) is 33.7 Å². The van der Waals surface area contributed by atoms with Gasteiger partial charge in [0.25, 0.3) is 5.91 Å². The summed E-state index contributed by atoms with van der Waals surface area (Å²) in [5, 5.41) is 3.29. The van der Waals surface area contributed by atoms with Gasteiger partial charge in [-0.1, -0.05) is 35.3 Å². The Balaban J connectivity index is 1.87. The average Bonchev–Trinajstić information content (AvgIpc) is 3.07. The van der Waals surface area contributed by atoms with Crippen LogP contribution in [0.15, 0.2) is 36.9 Å². The Morgan fingerprint density at radius 3 is 2.52 bits per heavy atom. The number of allylic oxidation sites excluding steroid dienone is 1. The number of Topliss-reactive ketones (excluding diaryl/α,β-unsaturated/α-hetero) is 1. The molecule has 2 heterocycles. The van der Waals surface area contributed by atoms with E-state index in [1.54, 1.807) is 31.2 Å². The summed E-state index contributed by atoms with van der Waals surface area (Å²) in [5.41, 5.74) is 1.32. The molecule has 3 amide bonds. The predicted molar refractivity (Wildman–Crippen MR) is 112 cm³/mol. The van der Waals surface area contributed by atoms with Crippen molar-refractivity contribution in [3.05, 3.63) is 69.5 Å². The van der Waals surface area contributed by atoms with Crippen LogP contribution in [-0.2, 0) is 16.9 Å². The maximum absolute atomic E-state index is 13.1. The van der Waals surface area contributed by atoms with Gasteiger partial charge in [-0.2, -0.15) is 0 Å². The summed E-state index contributed by atoms with van der Waals surface area (Å²) in [6.07, 6.45) is 1.74. The van der Waals surface area contributed by atoms with Crippen LogP contribution in [0, 0.1) is 13.8 Å². The number of aromatic nitrogens is 1. The van der Waals surface area contributed by atoms with E-state index in [0.29, 0.717) is 22.7 Å². The van der Waals surface area contributed by atoms with Crippen LogP contribution in [0.2, 0.25) is 10.0 Å². The Hall–Kier alpha value is -2.57. The molecule has 1 aromatic heterocycles.